The molecule has 11 nitrogen and oxygen atoms in total. The Morgan fingerprint density at radius 1 is 1.08 bits per heavy atom. The third kappa shape index (κ3) is 4.12. The lowest BCUT2D eigenvalue weighted by molar-refractivity contribution is 0.111. The van der Waals surface area contributed by atoms with E-state index in [0.29, 0.717) is 28.3 Å². The number of hydrogen-bond acceptors (Lipinski definition) is 9. The molecule has 0 radical (unpaired) electrons. The van der Waals surface area contributed by atoms with E-state index in [4.69, 9.17) is 18.7 Å². The van der Waals surface area contributed by atoms with Gasteiger partial charge in [-0.1, -0.05) is 11.2 Å². The maximum Gasteiger partial charge on any atom is 0.270 e. The van der Waals surface area contributed by atoms with Gasteiger partial charge in [0.1, 0.15) is 17.2 Å². The summed E-state index contributed by atoms with van der Waals surface area (Å²) >= 11 is 0. The summed E-state index contributed by atoms with van der Waals surface area (Å²) in [5, 5.41) is 13.8. The van der Waals surface area contributed by atoms with Crippen LogP contribution in [-0.4, -0.2) is 51.0 Å². The molecule has 1 atom stereocenters. The zero-order valence-corrected chi connectivity index (χ0v) is 20.1. The van der Waals surface area contributed by atoms with E-state index in [1.807, 2.05) is 0 Å². The van der Waals surface area contributed by atoms with E-state index in [2.05, 4.69) is 25.4 Å². The van der Waals surface area contributed by atoms with E-state index < -0.39 is 21.9 Å². The predicted molar refractivity (Wildman–Crippen MR) is 125 cm³/mol. The molecule has 0 unspecified atom stereocenters. The van der Waals surface area contributed by atoms with Gasteiger partial charge in [0.15, 0.2) is 22.1 Å². The predicted octanol–water partition coefficient (Wildman–Crippen LogP) is 4.24. The molecule has 1 aliphatic carbocycles. The van der Waals surface area contributed by atoms with Gasteiger partial charge in [-0.15, -0.1) is 0 Å². The van der Waals surface area contributed by atoms with Crippen LogP contribution >= 0.6 is 0 Å². The number of nitrogens with one attached hydrogen (secondary N) is 3. The van der Waals surface area contributed by atoms with Crippen LogP contribution in [0.5, 0.6) is 17.2 Å². The molecule has 1 saturated carbocycles. The fourth-order valence-electron chi connectivity index (χ4n) is 3.83. The summed E-state index contributed by atoms with van der Waals surface area (Å²) in [6, 6.07) is 9.13. The van der Waals surface area contributed by atoms with Crippen molar-refractivity contribution >= 4 is 38.3 Å². The van der Waals surface area contributed by atoms with Gasteiger partial charge >= 0.3 is 0 Å². The number of hydrogen-bond donors (Lipinski definition) is 3. The minimum absolute atomic E-state index is 0.0826. The Hall–Kier alpha value is -4.07. The molecule has 0 aliphatic heterocycles. The number of sulfonamides is 1. The number of fused-ring (bicyclic) bond motifs is 1. The van der Waals surface area contributed by atoms with Crippen LogP contribution < -0.4 is 24.2 Å². The lowest BCUT2D eigenvalue weighted by Crippen LogP contribution is -2.15. The van der Waals surface area contributed by atoms with E-state index in [1.54, 1.807) is 6.07 Å². The molecule has 2 heterocycles. The number of ether oxygens (including phenoxy) is 3. The van der Waals surface area contributed by atoms with Crippen molar-refractivity contribution in [2.75, 3.05) is 31.4 Å². The molecule has 2 aromatic heterocycles. The topological polar surface area (TPSA) is 141 Å². The average Bonchev–Trinajstić information content (AvgIpc) is 3.16. The molecule has 190 valence electrons. The van der Waals surface area contributed by atoms with Crippen molar-refractivity contribution < 1.29 is 35.9 Å². The van der Waals surface area contributed by atoms with Crippen molar-refractivity contribution in [1.82, 2.24) is 15.4 Å². The minimum atomic E-state index is -4.20. The molecule has 0 bridgehead atoms. The van der Waals surface area contributed by atoms with E-state index in [-0.39, 0.29) is 34.2 Å². The largest absolute Gasteiger partial charge is 0.495 e. The molecular formula is C22H21F2N5O6S. The zero-order valence-electron chi connectivity index (χ0n) is 19.3. The highest BCUT2D eigenvalue weighted by molar-refractivity contribution is 7.93. The second-order valence-electron chi connectivity index (χ2n) is 8.03. The van der Waals surface area contributed by atoms with Crippen molar-refractivity contribution in [2.24, 2.45) is 0 Å². The molecule has 0 amide bonds. The summed E-state index contributed by atoms with van der Waals surface area (Å²) in [5.74, 6) is -2.91. The smallest absolute Gasteiger partial charge is 0.270 e. The van der Waals surface area contributed by atoms with E-state index >= 15 is 0 Å². The van der Waals surface area contributed by atoms with Gasteiger partial charge in [-0.05, 0) is 18.2 Å². The van der Waals surface area contributed by atoms with E-state index in [0.717, 1.165) is 0 Å². The molecule has 3 N–H and O–H groups in total. The van der Waals surface area contributed by atoms with Crippen molar-refractivity contribution in [3.05, 3.63) is 42.1 Å². The number of aromatic amines is 1. The molecule has 4 aromatic rings. The van der Waals surface area contributed by atoms with Crippen LogP contribution in [0.4, 0.5) is 26.1 Å². The van der Waals surface area contributed by atoms with Crippen LogP contribution in [-0.2, 0) is 10.0 Å². The van der Waals surface area contributed by atoms with Crippen LogP contribution in [0.25, 0.3) is 11.0 Å². The Morgan fingerprint density at radius 3 is 2.36 bits per heavy atom. The van der Waals surface area contributed by atoms with Crippen LogP contribution in [0.1, 0.15) is 18.0 Å². The highest BCUT2D eigenvalue weighted by Gasteiger charge is 2.58. The number of H-pyrrole nitrogens is 1. The number of benzene rings is 2. The summed E-state index contributed by atoms with van der Waals surface area (Å²) in [4.78, 5) is -0.202. The first-order valence-electron chi connectivity index (χ1n) is 10.6. The zero-order chi connectivity index (χ0) is 25.7. The molecule has 0 saturated heterocycles. The van der Waals surface area contributed by atoms with Gasteiger partial charge < -0.3 is 24.1 Å². The summed E-state index contributed by atoms with van der Waals surface area (Å²) in [5.41, 5.74) is 0.959. The Labute approximate surface area is 203 Å². The Balaban J connectivity index is 1.45. The fraction of sp³-hybridized carbons (Fsp3) is 0.273. The van der Waals surface area contributed by atoms with Crippen molar-refractivity contribution in [3.8, 4) is 17.2 Å². The van der Waals surface area contributed by atoms with Gasteiger partial charge in [0, 0.05) is 24.2 Å². The normalized spacial score (nSPS) is 16.5. The molecule has 2 aromatic carbocycles. The summed E-state index contributed by atoms with van der Waals surface area (Å²) in [7, 11) is -0.0922. The van der Waals surface area contributed by atoms with E-state index in [1.165, 1.54) is 51.7 Å². The Bertz CT molecular complexity index is 1530. The molecule has 5 rings (SSSR count). The maximum atomic E-state index is 13.4. The number of methoxy groups -OCH3 is 3. The number of nitrogens with zero attached hydrogens (tertiary/aromatic N) is 2. The van der Waals surface area contributed by atoms with Gasteiger partial charge in [-0.3, -0.25) is 9.82 Å². The number of aromatic nitrogens is 3. The lowest BCUT2D eigenvalue weighted by Gasteiger charge is -2.14. The first-order valence-corrected chi connectivity index (χ1v) is 12.1. The SMILES string of the molecule is COc1cc2c(NS(=O)(=O)c3c(OC)cccc3OC)noc2cc1Nc1cc([C@@H]2CC2(F)F)[nH]n1. The number of anilines is 3. The second kappa shape index (κ2) is 8.55. The fourth-order valence-corrected chi connectivity index (χ4v) is 5.17. The third-order valence-corrected chi connectivity index (χ3v) is 7.14. The standard InChI is InChI=1S/C22H21F2N5O6S/c1-32-15-5-4-6-16(33-2)20(15)36(30,31)29-21-11-7-18(34-3)14(8-17(11)35-28-21)25-19-9-13(26-27-19)12-10-22(12,23)24/h4-9,12H,10H2,1-3H3,(H,28,29)(H2,25,26,27)/t12-/m0/s1. The maximum absolute atomic E-state index is 13.4. The number of rotatable bonds is 9. The summed E-state index contributed by atoms with van der Waals surface area (Å²) in [6.45, 7) is 0. The Kier molecular flexibility index (Phi) is 5.62. The highest BCUT2D eigenvalue weighted by atomic mass is 32.2. The first-order chi connectivity index (χ1) is 17.2. The third-order valence-electron chi connectivity index (χ3n) is 5.74. The van der Waals surface area contributed by atoms with Crippen molar-refractivity contribution in [2.45, 2.75) is 23.2 Å². The van der Waals surface area contributed by atoms with Crippen LogP contribution in [0.15, 0.2) is 45.8 Å². The van der Waals surface area contributed by atoms with Gasteiger partial charge in [-0.2, -0.15) is 5.10 Å². The molecule has 1 fully saturated rings. The summed E-state index contributed by atoms with van der Waals surface area (Å²) in [6.07, 6.45) is -0.221. The minimum Gasteiger partial charge on any atom is -0.495 e. The second-order valence-corrected chi connectivity index (χ2v) is 9.65. The quantitative estimate of drug-likeness (QED) is 0.295. The van der Waals surface area contributed by atoms with Crippen molar-refractivity contribution in [1.29, 1.82) is 0 Å². The molecular weight excluding hydrogens is 500 g/mol. The average molecular weight is 522 g/mol. The highest BCUT2D eigenvalue weighted by Crippen LogP contribution is 2.55. The molecule has 36 heavy (non-hydrogen) atoms. The van der Waals surface area contributed by atoms with Crippen LogP contribution in [0, 0.1) is 0 Å². The van der Waals surface area contributed by atoms with Gasteiger partial charge in [0.05, 0.1) is 38.3 Å². The number of alkyl halides is 2. The van der Waals surface area contributed by atoms with Gasteiger partial charge in [0.25, 0.3) is 15.9 Å². The Morgan fingerprint density at radius 2 is 1.75 bits per heavy atom. The molecule has 1 aliphatic rings. The molecule has 14 heteroatoms. The summed E-state index contributed by atoms with van der Waals surface area (Å²) < 4.78 is 76.7. The van der Waals surface area contributed by atoms with E-state index in [9.17, 15) is 17.2 Å². The van der Waals surface area contributed by atoms with Crippen molar-refractivity contribution in [3.63, 3.8) is 0 Å². The van der Waals surface area contributed by atoms with Crippen LogP contribution in [0.2, 0.25) is 0 Å². The lowest BCUT2D eigenvalue weighted by atomic mass is 10.2. The molecule has 0 spiro atoms. The monoisotopic (exact) mass is 521 g/mol. The number of halogens is 2. The first kappa shape index (κ1) is 23.7. The van der Waals surface area contributed by atoms with Gasteiger partial charge in [-0.25, -0.2) is 17.2 Å². The van der Waals surface area contributed by atoms with Gasteiger partial charge in [0.2, 0.25) is 0 Å². The van der Waals surface area contributed by atoms with Crippen LogP contribution in [0.3, 0.4) is 0 Å².